The molecule has 4 aromatic carbocycles. The lowest BCUT2D eigenvalue weighted by molar-refractivity contribution is -0.138. The van der Waals surface area contributed by atoms with Gasteiger partial charge in [-0.1, -0.05) is 36.4 Å². The van der Waals surface area contributed by atoms with Crippen LogP contribution in [0, 0.1) is 45.3 Å². The summed E-state index contributed by atoms with van der Waals surface area (Å²) in [6, 6.07) is 19.5. The Morgan fingerprint density at radius 2 is 0.881 bits per heavy atom. The molecule has 0 unspecified atom stereocenters. The lowest BCUT2D eigenvalue weighted by atomic mass is 9.98. The molecule has 4 rings (SSSR count). The van der Waals surface area contributed by atoms with Crippen LogP contribution in [-0.2, 0) is 12.4 Å². The molecular weight excluding hydrogens is 562 g/mol. The van der Waals surface area contributed by atoms with Crippen molar-refractivity contribution >= 4 is 21.9 Å². The normalized spacial score (nSPS) is 11.0. The molecule has 0 atom stereocenters. The number of hydrogen-bond donors (Lipinski definition) is 0. The third kappa shape index (κ3) is 5.65. The van der Waals surface area contributed by atoms with E-state index in [2.05, 4.69) is 0 Å². The molecule has 0 N–H and O–H groups in total. The number of nitriles is 4. The van der Waals surface area contributed by atoms with Gasteiger partial charge in [-0.05, 0) is 47.2 Å². The van der Waals surface area contributed by atoms with Crippen molar-refractivity contribution in [2.24, 2.45) is 0 Å². The quantitative estimate of drug-likeness (QED) is 0.246. The molecule has 0 saturated carbocycles. The van der Waals surface area contributed by atoms with Gasteiger partial charge >= 0.3 is 12.4 Å². The van der Waals surface area contributed by atoms with Gasteiger partial charge in [-0.25, -0.2) is 0 Å². The molecule has 206 valence electrons. The Morgan fingerprint density at radius 3 is 1.19 bits per heavy atom. The van der Waals surface area contributed by atoms with E-state index in [1.54, 1.807) is 24.3 Å². The fourth-order valence-electron chi connectivity index (χ4n) is 4.06. The Morgan fingerprint density at radius 1 is 0.524 bits per heavy atom. The highest BCUT2D eigenvalue weighted by Gasteiger charge is 2.32. The fraction of sp³-hybridized carbons (Fsp3) is 0.0667. The summed E-state index contributed by atoms with van der Waals surface area (Å²) in [7, 11) is 0. The molecule has 0 saturated heterocycles. The molecule has 0 aliphatic rings. The first kappa shape index (κ1) is 29.0. The number of nitrogens with zero attached hydrogens (tertiary/aromatic N) is 4. The monoisotopic (exact) mass is 574 g/mol. The molecule has 12 heteroatoms. The summed E-state index contributed by atoms with van der Waals surface area (Å²) in [4.78, 5) is 0. The molecule has 0 amide bonds. The second-order valence-electron chi connectivity index (χ2n) is 8.41. The number of halogens is 6. The summed E-state index contributed by atoms with van der Waals surface area (Å²) in [5, 5.41) is 38.7. The number of alkyl halides is 6. The molecular formula is C30H12F6N4O2. The number of hydrogen-bond acceptors (Lipinski definition) is 6. The smallest absolute Gasteiger partial charge is 0.416 e. The van der Waals surface area contributed by atoms with Gasteiger partial charge < -0.3 is 9.47 Å². The third-order valence-electron chi connectivity index (χ3n) is 5.84. The Bertz CT molecular complexity index is 1840. The lowest BCUT2D eigenvalue weighted by Gasteiger charge is -2.18. The van der Waals surface area contributed by atoms with Crippen LogP contribution in [0.4, 0.5) is 26.3 Å². The number of fused-ring (bicyclic) bond motifs is 1. The van der Waals surface area contributed by atoms with Crippen LogP contribution < -0.4 is 19.9 Å². The molecule has 42 heavy (non-hydrogen) atoms. The summed E-state index contributed by atoms with van der Waals surface area (Å²) < 4.78 is 92.4. The Hall–Kier alpha value is -5.98. The van der Waals surface area contributed by atoms with Gasteiger partial charge in [0.05, 0.1) is 21.6 Å². The van der Waals surface area contributed by atoms with Crippen molar-refractivity contribution in [3.05, 3.63) is 94.4 Å². The van der Waals surface area contributed by atoms with Crippen molar-refractivity contribution in [2.75, 3.05) is 0 Å². The third-order valence-corrected chi connectivity index (χ3v) is 5.84. The largest absolute Gasteiger partial charge is 0.453 e. The average molecular weight is 574 g/mol. The molecule has 0 bridgehead atoms. The van der Waals surface area contributed by atoms with E-state index in [-0.39, 0.29) is 21.2 Å². The predicted molar refractivity (Wildman–Crippen MR) is 136 cm³/mol. The maximum atomic E-state index is 13.5. The van der Waals surface area contributed by atoms with Crippen molar-refractivity contribution in [3.8, 4) is 47.3 Å². The van der Waals surface area contributed by atoms with Crippen LogP contribution in [0.2, 0.25) is 0 Å². The van der Waals surface area contributed by atoms with Crippen molar-refractivity contribution < 1.29 is 35.8 Å². The van der Waals surface area contributed by atoms with Gasteiger partial charge in [-0.3, -0.25) is 0 Å². The van der Waals surface area contributed by atoms with E-state index in [0.29, 0.717) is 12.1 Å². The summed E-state index contributed by atoms with van der Waals surface area (Å²) in [6.45, 7) is 0. The minimum atomic E-state index is -4.78. The standard InChI is InChI=1S/C30H12F6N4O2/c31-29(32,33)19-5-3-7-21(11-19)41-27-25(17(13-37)14-38)23-9-1-2-10-24(23)26(18(15-39)16-40)28(27)42-22-8-4-6-20(12-22)30(34,35)36/h1-12H. The van der Waals surface area contributed by atoms with E-state index < -0.39 is 57.6 Å². The summed E-state index contributed by atoms with van der Waals surface area (Å²) in [5.74, 6) is -2.07. The van der Waals surface area contributed by atoms with Gasteiger partial charge in [0, 0.05) is 0 Å². The molecule has 0 aliphatic carbocycles. The highest BCUT2D eigenvalue weighted by atomic mass is 19.4. The van der Waals surface area contributed by atoms with Crippen LogP contribution in [0.15, 0.2) is 72.8 Å². The minimum absolute atomic E-state index is 0.0759. The SMILES string of the molecule is N#CC(C#N)=c1c(Oc2cccc(C(F)(F)F)c2)c(Oc2cccc(C(F)(F)F)c2)c(=C(C#N)C#N)c2ccccc12. The zero-order chi connectivity index (χ0) is 30.7. The van der Waals surface area contributed by atoms with Crippen LogP contribution in [0.1, 0.15) is 11.1 Å². The van der Waals surface area contributed by atoms with Crippen LogP contribution >= 0.6 is 0 Å². The van der Waals surface area contributed by atoms with Crippen LogP contribution in [0.5, 0.6) is 23.0 Å². The highest BCUT2D eigenvalue weighted by molar-refractivity contribution is 5.96. The van der Waals surface area contributed by atoms with Gasteiger partial charge in [0.1, 0.15) is 46.9 Å². The first-order valence-corrected chi connectivity index (χ1v) is 11.6. The second-order valence-corrected chi connectivity index (χ2v) is 8.41. The van der Waals surface area contributed by atoms with Crippen LogP contribution in [0.3, 0.4) is 0 Å². The van der Waals surface area contributed by atoms with E-state index in [1.165, 1.54) is 24.3 Å². The van der Waals surface area contributed by atoms with E-state index in [1.807, 2.05) is 0 Å². The van der Waals surface area contributed by atoms with Gasteiger partial charge in [0.25, 0.3) is 0 Å². The zero-order valence-corrected chi connectivity index (χ0v) is 20.8. The Balaban J connectivity index is 2.23. The van der Waals surface area contributed by atoms with Crippen molar-refractivity contribution in [1.82, 2.24) is 0 Å². The van der Waals surface area contributed by atoms with Crippen molar-refractivity contribution in [3.63, 3.8) is 0 Å². The van der Waals surface area contributed by atoms with Gasteiger partial charge in [0.15, 0.2) is 11.5 Å². The molecule has 6 nitrogen and oxygen atoms in total. The average Bonchev–Trinajstić information content (AvgIpc) is 2.96. The molecule has 0 aromatic heterocycles. The zero-order valence-electron chi connectivity index (χ0n) is 20.8. The molecule has 0 aliphatic heterocycles. The first-order chi connectivity index (χ1) is 19.9. The minimum Gasteiger partial charge on any atom is -0.453 e. The van der Waals surface area contributed by atoms with E-state index >= 15 is 0 Å². The van der Waals surface area contributed by atoms with E-state index in [0.717, 1.165) is 36.4 Å². The number of benzene rings is 4. The highest BCUT2D eigenvalue weighted by Crippen LogP contribution is 2.37. The Kier molecular flexibility index (Phi) is 7.77. The molecule has 0 heterocycles. The number of ether oxygens (including phenoxy) is 2. The predicted octanol–water partition coefficient (Wildman–Crippen LogP) is 6.86. The fourth-order valence-corrected chi connectivity index (χ4v) is 4.06. The van der Waals surface area contributed by atoms with E-state index in [4.69, 9.17) is 9.47 Å². The summed E-state index contributed by atoms with van der Waals surface area (Å²) >= 11 is 0. The summed E-state index contributed by atoms with van der Waals surface area (Å²) in [6.07, 6.45) is -9.57. The number of rotatable bonds is 4. The first-order valence-electron chi connectivity index (χ1n) is 11.6. The van der Waals surface area contributed by atoms with Gasteiger partial charge in [0.2, 0.25) is 0 Å². The van der Waals surface area contributed by atoms with Crippen LogP contribution in [-0.4, -0.2) is 0 Å². The van der Waals surface area contributed by atoms with Crippen molar-refractivity contribution in [1.29, 1.82) is 21.0 Å². The summed E-state index contributed by atoms with van der Waals surface area (Å²) in [5.41, 5.74) is -3.42. The topological polar surface area (TPSA) is 114 Å². The lowest BCUT2D eigenvalue weighted by Crippen LogP contribution is -2.21. The van der Waals surface area contributed by atoms with Gasteiger partial charge in [-0.15, -0.1) is 0 Å². The van der Waals surface area contributed by atoms with E-state index in [9.17, 15) is 47.4 Å². The molecule has 0 fully saturated rings. The molecule has 0 radical (unpaired) electrons. The van der Waals surface area contributed by atoms with Crippen LogP contribution in [0.25, 0.3) is 21.9 Å². The van der Waals surface area contributed by atoms with Gasteiger partial charge in [-0.2, -0.15) is 47.4 Å². The molecule has 4 aromatic rings. The maximum Gasteiger partial charge on any atom is 0.416 e. The molecule has 0 spiro atoms. The Labute approximate surface area is 233 Å². The second kappa shape index (κ2) is 11.3. The van der Waals surface area contributed by atoms with Crippen molar-refractivity contribution in [2.45, 2.75) is 12.4 Å². The maximum absolute atomic E-state index is 13.5.